The lowest BCUT2D eigenvalue weighted by atomic mass is 9.67. The van der Waals surface area contributed by atoms with E-state index in [4.69, 9.17) is 0 Å². The molecule has 1 N–H and O–H groups in total. The van der Waals surface area contributed by atoms with Crippen LogP contribution in [0.2, 0.25) is 0 Å². The second-order valence-electron chi connectivity index (χ2n) is 5.27. The Morgan fingerprint density at radius 2 is 1.78 bits per heavy atom. The molecule has 0 aromatic rings. The number of carbonyl (C=O) groups excluding carboxylic acids is 1. The van der Waals surface area contributed by atoms with Gasteiger partial charge < -0.3 is 10.0 Å². The lowest BCUT2D eigenvalue weighted by molar-refractivity contribution is -0.167. The summed E-state index contributed by atoms with van der Waals surface area (Å²) in [5.41, 5.74) is -1.11. The van der Waals surface area contributed by atoms with Crippen LogP contribution in [0.5, 0.6) is 0 Å². The molecule has 104 valence electrons. The van der Waals surface area contributed by atoms with Crippen LogP contribution in [0.15, 0.2) is 0 Å². The summed E-state index contributed by atoms with van der Waals surface area (Å²) >= 11 is 0. The molecule has 0 heterocycles. The minimum atomic E-state index is -1.11. The lowest BCUT2D eigenvalue weighted by Gasteiger charge is -2.40. The Morgan fingerprint density at radius 1 is 1.22 bits per heavy atom. The van der Waals surface area contributed by atoms with Crippen molar-refractivity contribution < 1.29 is 14.7 Å². The molecule has 4 nitrogen and oxygen atoms in total. The van der Waals surface area contributed by atoms with Crippen LogP contribution in [0.3, 0.4) is 0 Å². The summed E-state index contributed by atoms with van der Waals surface area (Å²) in [6.45, 7) is 7.45. The molecule has 1 fully saturated rings. The first-order valence-corrected chi connectivity index (χ1v) is 7.04. The molecule has 1 rings (SSSR count). The van der Waals surface area contributed by atoms with Crippen molar-refractivity contribution in [2.24, 2.45) is 11.3 Å². The first kappa shape index (κ1) is 15.0. The number of carboxylic acids is 1. The molecule has 1 aliphatic rings. The van der Waals surface area contributed by atoms with Crippen molar-refractivity contribution in [1.82, 2.24) is 4.90 Å². The third kappa shape index (κ3) is 2.68. The average Bonchev–Trinajstić information content (AvgIpc) is 2.28. The number of hydrogen-bond donors (Lipinski definition) is 1. The normalized spacial score (nSPS) is 17.3. The van der Waals surface area contributed by atoms with Crippen molar-refractivity contribution in [2.75, 3.05) is 13.1 Å². The van der Waals surface area contributed by atoms with Crippen LogP contribution in [-0.2, 0) is 9.59 Å². The maximum atomic E-state index is 12.4. The van der Waals surface area contributed by atoms with Gasteiger partial charge in [0.05, 0.1) is 0 Å². The Labute approximate surface area is 109 Å². The van der Waals surface area contributed by atoms with Gasteiger partial charge in [0.1, 0.15) is 5.41 Å². The van der Waals surface area contributed by atoms with E-state index in [0.29, 0.717) is 31.8 Å². The van der Waals surface area contributed by atoms with Crippen LogP contribution >= 0.6 is 0 Å². The molecule has 0 aromatic heterocycles. The first-order valence-electron chi connectivity index (χ1n) is 7.04. The topological polar surface area (TPSA) is 57.6 Å². The number of hydrogen-bond acceptors (Lipinski definition) is 2. The van der Waals surface area contributed by atoms with Crippen LogP contribution < -0.4 is 0 Å². The van der Waals surface area contributed by atoms with E-state index in [2.05, 4.69) is 13.8 Å². The molecule has 0 aliphatic heterocycles. The van der Waals surface area contributed by atoms with Gasteiger partial charge in [-0.3, -0.25) is 9.59 Å². The van der Waals surface area contributed by atoms with Gasteiger partial charge in [-0.1, -0.05) is 33.1 Å². The van der Waals surface area contributed by atoms with E-state index in [1.165, 1.54) is 0 Å². The highest BCUT2D eigenvalue weighted by Gasteiger charge is 2.52. The minimum absolute atomic E-state index is 0.171. The summed E-state index contributed by atoms with van der Waals surface area (Å²) < 4.78 is 0. The smallest absolute Gasteiger partial charge is 0.319 e. The summed E-state index contributed by atoms with van der Waals surface area (Å²) in [4.78, 5) is 25.5. The number of carboxylic acid groups (broad SMARTS) is 1. The van der Waals surface area contributed by atoms with Gasteiger partial charge >= 0.3 is 5.97 Å². The molecule has 0 saturated heterocycles. The second kappa shape index (κ2) is 6.21. The van der Waals surface area contributed by atoms with E-state index in [9.17, 15) is 14.7 Å². The Kier molecular flexibility index (Phi) is 5.17. The van der Waals surface area contributed by atoms with E-state index in [1.807, 2.05) is 6.92 Å². The highest BCUT2D eigenvalue weighted by molar-refractivity contribution is 6.02. The molecular formula is C14H25NO3. The van der Waals surface area contributed by atoms with Gasteiger partial charge in [-0.25, -0.2) is 0 Å². The quantitative estimate of drug-likeness (QED) is 0.711. The van der Waals surface area contributed by atoms with E-state index in [0.717, 1.165) is 19.3 Å². The van der Waals surface area contributed by atoms with Crippen LogP contribution in [0.1, 0.15) is 52.9 Å². The number of carbonyl (C=O) groups is 2. The molecule has 1 saturated carbocycles. The number of rotatable bonds is 7. The number of nitrogens with zero attached hydrogens (tertiary/aromatic N) is 1. The molecule has 4 heteroatoms. The Morgan fingerprint density at radius 3 is 2.06 bits per heavy atom. The zero-order valence-corrected chi connectivity index (χ0v) is 11.7. The largest absolute Gasteiger partial charge is 0.480 e. The first-order chi connectivity index (χ1) is 8.51. The van der Waals surface area contributed by atoms with Crippen LogP contribution in [0.25, 0.3) is 0 Å². The van der Waals surface area contributed by atoms with Crippen molar-refractivity contribution in [3.8, 4) is 0 Å². The van der Waals surface area contributed by atoms with Gasteiger partial charge in [0.2, 0.25) is 5.91 Å². The predicted molar refractivity (Wildman–Crippen MR) is 70.2 cm³/mol. The molecule has 0 spiro atoms. The SMILES string of the molecule is CCC(CC)CN(CC)C(=O)C1(C(=O)O)CCC1. The molecular weight excluding hydrogens is 230 g/mol. The molecule has 0 aromatic carbocycles. The standard InChI is InChI=1S/C14H25NO3/c1-4-11(5-2)10-15(6-3)12(16)14(13(17)18)8-7-9-14/h11H,4-10H2,1-3H3,(H,17,18). The van der Waals surface area contributed by atoms with Gasteiger partial charge in [0.25, 0.3) is 0 Å². The van der Waals surface area contributed by atoms with Gasteiger partial charge in [0.15, 0.2) is 0 Å². The fraction of sp³-hybridized carbons (Fsp3) is 0.857. The van der Waals surface area contributed by atoms with Gasteiger partial charge in [-0.2, -0.15) is 0 Å². The molecule has 1 amide bonds. The van der Waals surface area contributed by atoms with Crippen LogP contribution in [0, 0.1) is 11.3 Å². The molecule has 0 bridgehead atoms. The van der Waals surface area contributed by atoms with E-state index in [-0.39, 0.29) is 5.91 Å². The van der Waals surface area contributed by atoms with E-state index >= 15 is 0 Å². The summed E-state index contributed by atoms with van der Waals surface area (Å²) in [6.07, 6.45) is 3.91. The number of aliphatic carboxylic acids is 1. The van der Waals surface area contributed by atoms with Gasteiger partial charge in [-0.15, -0.1) is 0 Å². The van der Waals surface area contributed by atoms with E-state index < -0.39 is 11.4 Å². The Balaban J connectivity index is 2.75. The molecule has 0 radical (unpaired) electrons. The Hall–Kier alpha value is -1.06. The van der Waals surface area contributed by atoms with Crippen molar-refractivity contribution >= 4 is 11.9 Å². The van der Waals surface area contributed by atoms with Crippen molar-refractivity contribution in [3.63, 3.8) is 0 Å². The highest BCUT2D eigenvalue weighted by Crippen LogP contribution is 2.43. The zero-order chi connectivity index (χ0) is 13.8. The summed E-state index contributed by atoms with van der Waals surface area (Å²) in [5, 5.41) is 9.30. The summed E-state index contributed by atoms with van der Waals surface area (Å²) in [7, 11) is 0. The lowest BCUT2D eigenvalue weighted by Crippen LogP contribution is -2.53. The second-order valence-corrected chi connectivity index (χ2v) is 5.27. The molecule has 0 unspecified atom stereocenters. The van der Waals surface area contributed by atoms with Crippen molar-refractivity contribution in [1.29, 1.82) is 0 Å². The third-order valence-electron chi connectivity index (χ3n) is 4.33. The maximum absolute atomic E-state index is 12.4. The van der Waals surface area contributed by atoms with Gasteiger partial charge in [-0.05, 0) is 25.7 Å². The monoisotopic (exact) mass is 255 g/mol. The average molecular weight is 255 g/mol. The third-order valence-corrected chi connectivity index (χ3v) is 4.33. The molecule has 1 aliphatic carbocycles. The minimum Gasteiger partial charge on any atom is -0.480 e. The van der Waals surface area contributed by atoms with Gasteiger partial charge in [0, 0.05) is 13.1 Å². The Bertz CT molecular complexity index is 306. The van der Waals surface area contributed by atoms with Crippen molar-refractivity contribution in [2.45, 2.75) is 52.9 Å². The van der Waals surface area contributed by atoms with Crippen LogP contribution in [0.4, 0.5) is 0 Å². The van der Waals surface area contributed by atoms with E-state index in [1.54, 1.807) is 4.90 Å². The fourth-order valence-electron chi connectivity index (χ4n) is 2.57. The summed E-state index contributed by atoms with van der Waals surface area (Å²) in [5.74, 6) is -0.641. The highest BCUT2D eigenvalue weighted by atomic mass is 16.4. The molecule has 0 atom stereocenters. The maximum Gasteiger partial charge on any atom is 0.319 e. The summed E-state index contributed by atoms with van der Waals surface area (Å²) in [6, 6.07) is 0. The fourth-order valence-corrected chi connectivity index (χ4v) is 2.57. The zero-order valence-electron chi connectivity index (χ0n) is 11.7. The van der Waals surface area contributed by atoms with Crippen LogP contribution in [-0.4, -0.2) is 35.0 Å². The molecule has 18 heavy (non-hydrogen) atoms. The van der Waals surface area contributed by atoms with Crippen molar-refractivity contribution in [3.05, 3.63) is 0 Å². The number of amides is 1. The predicted octanol–water partition coefficient (Wildman–Crippen LogP) is 2.53.